The molecule has 2 N–H and O–H groups in total. The number of aliphatic imine (C=N–C) groups is 1. The van der Waals surface area contributed by atoms with E-state index in [1.807, 2.05) is 18.7 Å². The number of halogens is 1. The molecule has 0 aliphatic rings. The van der Waals surface area contributed by atoms with Crippen molar-refractivity contribution >= 4 is 41.3 Å². The van der Waals surface area contributed by atoms with Gasteiger partial charge in [-0.05, 0) is 13.8 Å². The molecular weight excluding hydrogens is 459 g/mol. The third-order valence-corrected chi connectivity index (χ3v) is 5.18. The topological polar surface area (TPSA) is 67.1 Å². The summed E-state index contributed by atoms with van der Waals surface area (Å²) >= 11 is 1.73. The fraction of sp³-hybridized carbons (Fsp3) is 0.611. The third-order valence-electron chi connectivity index (χ3n) is 4.27. The molecule has 2 rings (SSSR count). The van der Waals surface area contributed by atoms with E-state index in [1.165, 1.54) is 11.3 Å². The lowest BCUT2D eigenvalue weighted by molar-refractivity contribution is 0.570. The zero-order valence-corrected chi connectivity index (χ0v) is 20.0. The van der Waals surface area contributed by atoms with Crippen LogP contribution in [0.4, 0.5) is 0 Å². The Hall–Kier alpha value is -1.16. The van der Waals surface area contributed by atoms with Crippen LogP contribution in [0.2, 0.25) is 0 Å². The van der Waals surface area contributed by atoms with Crippen molar-refractivity contribution in [2.24, 2.45) is 12.0 Å². The predicted octanol–water partition coefficient (Wildman–Crippen LogP) is 3.32. The van der Waals surface area contributed by atoms with Crippen LogP contribution in [0.3, 0.4) is 0 Å². The highest BCUT2D eigenvalue weighted by Crippen LogP contribution is 2.23. The molecule has 8 heteroatoms. The van der Waals surface area contributed by atoms with Crippen molar-refractivity contribution in [2.75, 3.05) is 13.6 Å². The lowest BCUT2D eigenvalue weighted by Gasteiger charge is -2.14. The molecule has 2 aromatic rings. The van der Waals surface area contributed by atoms with Crippen LogP contribution in [0.1, 0.15) is 48.4 Å². The number of nitrogens with one attached hydrogen (secondary N) is 2. The maximum atomic E-state index is 4.73. The highest BCUT2D eigenvalue weighted by atomic mass is 127. The molecule has 0 bridgehead atoms. The first-order valence-corrected chi connectivity index (χ1v) is 9.48. The highest BCUT2D eigenvalue weighted by molar-refractivity contribution is 14.0. The molecule has 6 nitrogen and oxygen atoms in total. The van der Waals surface area contributed by atoms with Gasteiger partial charge in [-0.3, -0.25) is 9.67 Å². The SMILES string of the molecule is CN=C(NCCc1nc(C(C)(C)C)cs1)NCc1c(C)nn(C)c1C.I. The van der Waals surface area contributed by atoms with E-state index >= 15 is 0 Å². The molecule has 2 heterocycles. The number of nitrogens with zero attached hydrogens (tertiary/aromatic N) is 4. The summed E-state index contributed by atoms with van der Waals surface area (Å²) in [5.74, 6) is 0.801. The summed E-state index contributed by atoms with van der Waals surface area (Å²) in [7, 11) is 3.76. The van der Waals surface area contributed by atoms with Crippen LogP contribution in [0.15, 0.2) is 10.4 Å². The minimum absolute atomic E-state index is 0. The van der Waals surface area contributed by atoms with Gasteiger partial charge in [-0.25, -0.2) is 4.98 Å². The number of thiazole rings is 1. The Labute approximate surface area is 177 Å². The van der Waals surface area contributed by atoms with Crippen molar-refractivity contribution in [1.29, 1.82) is 0 Å². The average molecular weight is 490 g/mol. The van der Waals surface area contributed by atoms with Crippen LogP contribution in [0.5, 0.6) is 0 Å². The Bertz CT molecular complexity index is 741. The third kappa shape index (κ3) is 5.94. The number of guanidine groups is 1. The summed E-state index contributed by atoms with van der Waals surface area (Å²) in [6.45, 7) is 12.2. The molecule has 146 valence electrons. The van der Waals surface area contributed by atoms with Gasteiger partial charge in [-0.2, -0.15) is 5.10 Å². The molecule has 0 fully saturated rings. The van der Waals surface area contributed by atoms with Gasteiger partial charge in [-0.15, -0.1) is 35.3 Å². The maximum Gasteiger partial charge on any atom is 0.191 e. The van der Waals surface area contributed by atoms with E-state index in [4.69, 9.17) is 4.98 Å². The minimum Gasteiger partial charge on any atom is -0.356 e. The standard InChI is InChI=1S/C18H30N6S.HI/c1-12-14(13(2)24(7)23-12)10-21-17(19-6)20-9-8-16-22-15(11-25-16)18(3,4)5;/h11H,8-10H2,1-7H3,(H2,19,20,21);1H. The number of aryl methyl sites for hydroxylation is 2. The van der Waals surface area contributed by atoms with E-state index in [2.05, 4.69) is 53.8 Å². The van der Waals surface area contributed by atoms with Crippen molar-refractivity contribution in [3.63, 3.8) is 0 Å². The van der Waals surface area contributed by atoms with Gasteiger partial charge >= 0.3 is 0 Å². The number of hydrogen-bond donors (Lipinski definition) is 2. The first kappa shape index (κ1) is 22.9. The number of hydrogen-bond acceptors (Lipinski definition) is 4. The Morgan fingerprint density at radius 1 is 1.27 bits per heavy atom. The summed E-state index contributed by atoms with van der Waals surface area (Å²) in [5.41, 5.74) is 4.73. The van der Waals surface area contributed by atoms with Crippen molar-refractivity contribution in [2.45, 2.75) is 53.0 Å². The van der Waals surface area contributed by atoms with Gasteiger partial charge in [0.1, 0.15) is 0 Å². The molecule has 0 amide bonds. The molecule has 0 aromatic carbocycles. The largest absolute Gasteiger partial charge is 0.356 e. The van der Waals surface area contributed by atoms with Gasteiger partial charge in [0.15, 0.2) is 5.96 Å². The Morgan fingerprint density at radius 2 is 1.96 bits per heavy atom. The van der Waals surface area contributed by atoms with Crippen LogP contribution in [-0.4, -0.2) is 34.3 Å². The van der Waals surface area contributed by atoms with E-state index in [9.17, 15) is 0 Å². The van der Waals surface area contributed by atoms with Crippen LogP contribution in [0, 0.1) is 13.8 Å². The van der Waals surface area contributed by atoms with Crippen LogP contribution in [0.25, 0.3) is 0 Å². The smallest absolute Gasteiger partial charge is 0.191 e. The van der Waals surface area contributed by atoms with Crippen molar-refractivity contribution in [3.05, 3.63) is 33.0 Å². The fourth-order valence-electron chi connectivity index (χ4n) is 2.52. The van der Waals surface area contributed by atoms with Crippen molar-refractivity contribution < 1.29 is 0 Å². The number of rotatable bonds is 5. The predicted molar refractivity (Wildman–Crippen MR) is 121 cm³/mol. The summed E-state index contributed by atoms with van der Waals surface area (Å²) in [6.07, 6.45) is 0.895. The van der Waals surface area contributed by atoms with Gasteiger partial charge < -0.3 is 10.6 Å². The zero-order valence-electron chi connectivity index (χ0n) is 16.8. The monoisotopic (exact) mass is 490 g/mol. The molecule has 26 heavy (non-hydrogen) atoms. The molecule has 0 atom stereocenters. The van der Waals surface area contributed by atoms with E-state index < -0.39 is 0 Å². The maximum absolute atomic E-state index is 4.73. The van der Waals surface area contributed by atoms with Gasteiger partial charge in [-0.1, -0.05) is 20.8 Å². The van der Waals surface area contributed by atoms with Crippen molar-refractivity contribution in [3.8, 4) is 0 Å². The first-order chi connectivity index (χ1) is 11.7. The molecule has 2 aromatic heterocycles. The fourth-order valence-corrected chi connectivity index (χ4v) is 3.55. The molecule has 0 unspecified atom stereocenters. The van der Waals surface area contributed by atoms with E-state index in [0.29, 0.717) is 0 Å². The van der Waals surface area contributed by atoms with Crippen LogP contribution < -0.4 is 10.6 Å². The lowest BCUT2D eigenvalue weighted by atomic mass is 9.93. The molecule has 0 aliphatic carbocycles. The zero-order chi connectivity index (χ0) is 18.6. The molecule has 0 aliphatic heterocycles. The molecule has 0 spiro atoms. The quantitative estimate of drug-likeness (QED) is 0.384. The molecule has 0 radical (unpaired) electrons. The average Bonchev–Trinajstić information content (AvgIpc) is 3.10. The van der Waals surface area contributed by atoms with Crippen LogP contribution >= 0.6 is 35.3 Å². The first-order valence-electron chi connectivity index (χ1n) is 8.61. The minimum atomic E-state index is 0. The highest BCUT2D eigenvalue weighted by Gasteiger charge is 2.17. The molecule has 0 saturated carbocycles. The van der Waals surface area contributed by atoms with Crippen LogP contribution in [-0.2, 0) is 25.4 Å². The summed E-state index contributed by atoms with van der Waals surface area (Å²) < 4.78 is 1.91. The molecular formula is C18H31IN6S. The lowest BCUT2D eigenvalue weighted by Crippen LogP contribution is -2.38. The van der Waals surface area contributed by atoms with Gasteiger partial charge in [0.25, 0.3) is 0 Å². The van der Waals surface area contributed by atoms with E-state index in [1.54, 1.807) is 18.4 Å². The second-order valence-corrected chi connectivity index (χ2v) is 8.19. The van der Waals surface area contributed by atoms with Crippen molar-refractivity contribution in [1.82, 2.24) is 25.4 Å². The van der Waals surface area contributed by atoms with Gasteiger partial charge in [0.05, 0.1) is 16.4 Å². The summed E-state index contributed by atoms with van der Waals surface area (Å²) in [4.78, 5) is 9.03. The Kier molecular flexibility index (Phi) is 8.52. The number of aromatic nitrogens is 3. The Morgan fingerprint density at radius 3 is 2.46 bits per heavy atom. The summed E-state index contributed by atoms with van der Waals surface area (Å²) in [5, 5.41) is 14.5. The van der Waals surface area contributed by atoms with E-state index in [0.717, 1.165) is 41.9 Å². The second-order valence-electron chi connectivity index (χ2n) is 7.25. The molecule has 0 saturated heterocycles. The summed E-state index contributed by atoms with van der Waals surface area (Å²) in [6, 6.07) is 0. The second kappa shape index (κ2) is 9.68. The Balaban J connectivity index is 0.00000338. The van der Waals surface area contributed by atoms with E-state index in [-0.39, 0.29) is 29.4 Å². The van der Waals surface area contributed by atoms with Gasteiger partial charge in [0.2, 0.25) is 0 Å². The van der Waals surface area contributed by atoms with Gasteiger partial charge in [0, 0.05) is 55.7 Å². The normalized spacial score (nSPS) is 12.0.